The molecule has 0 saturated carbocycles. The fraction of sp³-hybridized carbons (Fsp3) is 0.200. The Morgan fingerprint density at radius 3 is 2.69 bits per heavy atom. The van der Waals surface area contributed by atoms with E-state index in [1.165, 1.54) is 0 Å². The molecule has 0 aliphatic heterocycles. The van der Waals surface area contributed by atoms with Crippen molar-refractivity contribution in [2.24, 2.45) is 0 Å². The molecule has 6 heteroatoms. The Morgan fingerprint density at radius 1 is 1.44 bits per heavy atom. The molecule has 0 aliphatic carbocycles. The van der Waals surface area contributed by atoms with E-state index in [0.29, 0.717) is 17.1 Å². The first-order valence-corrected chi connectivity index (χ1v) is 4.91. The molecule has 0 atom stereocenters. The molecule has 2 aromatic rings. The van der Waals surface area contributed by atoms with Gasteiger partial charge < -0.3 is 14.3 Å². The van der Waals surface area contributed by atoms with Crippen molar-refractivity contribution in [1.82, 2.24) is 0 Å². The van der Waals surface area contributed by atoms with Gasteiger partial charge in [-0.05, 0) is 18.2 Å². The van der Waals surface area contributed by atoms with Crippen LogP contribution in [-0.4, -0.2) is 20.6 Å². The van der Waals surface area contributed by atoms with Crippen molar-refractivity contribution < 1.29 is 43.8 Å². The number of hydrogen-bond donors (Lipinski definition) is 1. The van der Waals surface area contributed by atoms with Gasteiger partial charge >= 0.3 is 29.6 Å². The maximum atomic E-state index is 8.94. The van der Waals surface area contributed by atoms with Gasteiger partial charge in [-0.2, -0.15) is 0 Å². The number of benzene rings is 1. The summed E-state index contributed by atoms with van der Waals surface area (Å²) in [6, 6.07) is 5.50. The minimum absolute atomic E-state index is 0. The number of hydrogen-bond acceptors (Lipinski definition) is 3. The molecule has 1 aromatic heterocycles. The van der Waals surface area contributed by atoms with Crippen molar-refractivity contribution in [3.63, 3.8) is 0 Å². The summed E-state index contributed by atoms with van der Waals surface area (Å²) in [5, 5.41) is 9.85. The van der Waals surface area contributed by atoms with Gasteiger partial charge in [0.1, 0.15) is 12.4 Å². The van der Waals surface area contributed by atoms with Gasteiger partial charge in [0, 0.05) is 9.86 Å². The van der Waals surface area contributed by atoms with Crippen molar-refractivity contribution in [2.75, 3.05) is 7.11 Å². The van der Waals surface area contributed by atoms with Crippen molar-refractivity contribution >= 4 is 35.3 Å². The van der Waals surface area contributed by atoms with E-state index in [4.69, 9.17) is 14.3 Å². The predicted molar refractivity (Wildman–Crippen MR) is 67.7 cm³/mol. The van der Waals surface area contributed by atoms with Crippen LogP contribution < -0.4 is 34.3 Å². The molecule has 3 nitrogen and oxygen atoms in total. The van der Waals surface area contributed by atoms with Gasteiger partial charge in [0.15, 0.2) is 11.3 Å². The zero-order valence-corrected chi connectivity index (χ0v) is 12.2. The van der Waals surface area contributed by atoms with Gasteiger partial charge in [-0.15, -0.1) is 0 Å². The second kappa shape index (κ2) is 6.72. The number of halogens is 1. The minimum atomic E-state index is -0.107. The monoisotopic (exact) mass is 294 g/mol. The Labute approximate surface area is 126 Å². The van der Waals surface area contributed by atoms with Crippen LogP contribution in [0.25, 0.3) is 11.0 Å². The number of aliphatic hydroxyl groups excluding tert-OH is 1. The molecule has 0 radical (unpaired) electrons. The number of fused-ring (bicyclic) bond motifs is 1. The maximum absolute atomic E-state index is 8.94. The van der Waals surface area contributed by atoms with Crippen molar-refractivity contribution in [3.8, 4) is 5.75 Å². The summed E-state index contributed by atoms with van der Waals surface area (Å²) < 4.78 is 11.5. The van der Waals surface area contributed by atoms with Gasteiger partial charge in [0.2, 0.25) is 0 Å². The zero-order chi connectivity index (χ0) is 10.1. The van der Waals surface area contributed by atoms with Gasteiger partial charge in [-0.1, -0.05) is 24.3 Å². The smallest absolute Gasteiger partial charge is 0.493 e. The largest absolute Gasteiger partial charge is 1.00 e. The molecule has 2 rings (SSSR count). The zero-order valence-electron chi connectivity index (χ0n) is 8.58. The summed E-state index contributed by atoms with van der Waals surface area (Å²) in [6.45, 7) is -0.107. The van der Waals surface area contributed by atoms with Gasteiger partial charge in [-0.3, -0.25) is 0 Å². The second-order valence-corrected chi connectivity index (χ2v) is 3.72. The molecule has 0 unspecified atom stereocenters. The Morgan fingerprint density at radius 2 is 2.12 bits per heavy atom. The van der Waals surface area contributed by atoms with E-state index in [0.717, 1.165) is 9.86 Å². The average molecular weight is 295 g/mol. The van der Waals surface area contributed by atoms with E-state index in [9.17, 15) is 0 Å². The van der Waals surface area contributed by atoms with Gasteiger partial charge in [-0.25, -0.2) is 0 Å². The summed E-state index contributed by atoms with van der Waals surface area (Å²) in [5.41, 5.74) is 0.658. The van der Waals surface area contributed by atoms with E-state index >= 15 is 0 Å². The molecule has 0 amide bonds. The summed E-state index contributed by atoms with van der Waals surface area (Å²) in [7, 11) is 1.59. The Balaban J connectivity index is 0.00000112. The first-order valence-electron chi connectivity index (χ1n) is 4.12. The number of furan rings is 1. The van der Waals surface area contributed by atoms with Gasteiger partial charge in [0.05, 0.1) is 7.11 Å². The summed E-state index contributed by atoms with van der Waals surface area (Å²) in [5.74, 6) is 1.20. The van der Waals surface area contributed by atoms with Crippen LogP contribution in [0.5, 0.6) is 5.75 Å². The molecule has 0 saturated heterocycles. The normalized spacial score (nSPS) is 9.44. The van der Waals surface area contributed by atoms with E-state index < -0.39 is 0 Å². The predicted octanol–water partition coefficient (Wildman–Crippen LogP) is -1.75. The van der Waals surface area contributed by atoms with Crippen molar-refractivity contribution in [2.45, 2.75) is 6.61 Å². The quantitative estimate of drug-likeness (QED) is 0.668. The van der Waals surface area contributed by atoms with Gasteiger partial charge in [0.25, 0.3) is 0 Å². The van der Waals surface area contributed by atoms with Crippen LogP contribution in [0, 0.1) is 0 Å². The second-order valence-electron chi connectivity index (χ2n) is 2.86. The molecule has 1 heterocycles. The first-order chi connectivity index (χ1) is 6.76. The molecule has 0 aliphatic rings. The van der Waals surface area contributed by atoms with Crippen LogP contribution in [0.3, 0.4) is 0 Å². The Bertz CT molecular complexity index is 472. The fourth-order valence-electron chi connectivity index (χ4n) is 1.36. The van der Waals surface area contributed by atoms with Crippen LogP contribution in [-0.2, 0) is 6.61 Å². The molecular formula is C10H13BBrNaO3. The summed E-state index contributed by atoms with van der Waals surface area (Å²) in [4.78, 5) is 0. The standard InChI is InChI=1S/C10H9BrO3.BH4.Na/c1-13-9-3-2-8(11)7-4-6(5-12)14-10(7)9;;/h2-4,12H,5H2,1H3;1H4;/q;-1;+1. The third kappa shape index (κ3) is 2.84. The Kier molecular flexibility index (Phi) is 6.74. The number of methoxy groups -OCH3 is 1. The molecule has 0 fully saturated rings. The summed E-state index contributed by atoms with van der Waals surface area (Å²) in [6.07, 6.45) is 0. The third-order valence-corrected chi connectivity index (χ3v) is 2.71. The molecular weight excluding hydrogens is 282 g/mol. The maximum Gasteiger partial charge on any atom is 1.00 e. The average Bonchev–Trinajstić information content (AvgIpc) is 2.63. The van der Waals surface area contributed by atoms with Crippen molar-refractivity contribution in [3.05, 3.63) is 28.4 Å². The first kappa shape index (κ1) is 16.1. The van der Waals surface area contributed by atoms with Crippen molar-refractivity contribution in [1.29, 1.82) is 0 Å². The van der Waals surface area contributed by atoms with E-state index in [1.54, 1.807) is 13.2 Å². The van der Waals surface area contributed by atoms with Crippen LogP contribution in [0.4, 0.5) is 0 Å². The summed E-state index contributed by atoms with van der Waals surface area (Å²) >= 11 is 3.41. The van der Waals surface area contributed by atoms with E-state index in [1.807, 2.05) is 12.1 Å². The van der Waals surface area contributed by atoms with Crippen LogP contribution in [0.2, 0.25) is 0 Å². The molecule has 16 heavy (non-hydrogen) atoms. The minimum Gasteiger partial charge on any atom is -0.493 e. The topological polar surface area (TPSA) is 42.6 Å². The fourth-order valence-corrected chi connectivity index (χ4v) is 1.78. The molecule has 1 N–H and O–H groups in total. The van der Waals surface area contributed by atoms with Crippen LogP contribution in [0.15, 0.2) is 27.1 Å². The molecule has 0 bridgehead atoms. The van der Waals surface area contributed by atoms with Crippen LogP contribution >= 0.6 is 15.9 Å². The molecule has 1 aromatic carbocycles. The molecule has 0 spiro atoms. The van der Waals surface area contributed by atoms with E-state index in [2.05, 4.69) is 15.9 Å². The molecule has 82 valence electrons. The Hall–Kier alpha value is 0.0649. The SMILES string of the molecule is COc1ccc(Br)c2cc(CO)oc12.[BH4-].[Na+]. The number of ether oxygens (including phenoxy) is 1. The third-order valence-electron chi connectivity index (χ3n) is 2.02. The van der Waals surface area contributed by atoms with E-state index in [-0.39, 0.29) is 44.6 Å². The number of aliphatic hydroxyl groups is 1. The number of rotatable bonds is 2. The van der Waals surface area contributed by atoms with Crippen LogP contribution in [0.1, 0.15) is 5.76 Å².